The van der Waals surface area contributed by atoms with Gasteiger partial charge in [0.25, 0.3) is 0 Å². The maximum absolute atomic E-state index is 13.5. The zero-order valence-corrected chi connectivity index (χ0v) is 21.3. The monoisotopic (exact) mass is 554 g/mol. The van der Waals surface area contributed by atoms with Crippen molar-refractivity contribution in [3.05, 3.63) is 102 Å². The number of hydrogen-bond acceptors (Lipinski definition) is 4. The molecule has 39 heavy (non-hydrogen) atoms. The quantitative estimate of drug-likeness (QED) is 0.211. The molecule has 2 amide bonds. The molecule has 0 radical (unpaired) electrons. The number of allylic oxidation sites excluding steroid dienone is 2. The molecule has 0 fully saturated rings. The molecule has 0 saturated heterocycles. The van der Waals surface area contributed by atoms with E-state index in [0.717, 1.165) is 17.8 Å². The van der Waals surface area contributed by atoms with Crippen LogP contribution in [-0.4, -0.2) is 22.9 Å². The Labute approximate surface area is 227 Å². The third-order valence-corrected chi connectivity index (χ3v) is 7.56. The minimum Gasteiger partial charge on any atom is -0.481 e. The number of benzene rings is 3. The predicted octanol–water partition coefficient (Wildman–Crippen LogP) is 6.78. The number of alkyl halides is 3. The number of rotatable bonds is 8. The zero-order valence-electron chi connectivity index (χ0n) is 20.5. The van der Waals surface area contributed by atoms with Gasteiger partial charge in [-0.25, -0.2) is 0 Å². The second-order valence-corrected chi connectivity index (χ2v) is 10.1. The summed E-state index contributed by atoms with van der Waals surface area (Å²) < 4.78 is 40.4. The highest BCUT2D eigenvalue weighted by molar-refractivity contribution is 8.00. The van der Waals surface area contributed by atoms with Crippen LogP contribution in [0.5, 0.6) is 0 Å². The van der Waals surface area contributed by atoms with Crippen LogP contribution < -0.4 is 10.6 Å². The summed E-state index contributed by atoms with van der Waals surface area (Å²) in [7, 11) is 0. The zero-order chi connectivity index (χ0) is 28.0. The lowest BCUT2D eigenvalue weighted by atomic mass is 9.82. The van der Waals surface area contributed by atoms with Crippen LogP contribution in [0.2, 0.25) is 0 Å². The summed E-state index contributed by atoms with van der Waals surface area (Å²) in [5.41, 5.74) is -0.199. The van der Waals surface area contributed by atoms with Crippen molar-refractivity contribution < 1.29 is 32.7 Å². The van der Waals surface area contributed by atoms with Crippen LogP contribution in [-0.2, 0) is 20.6 Å². The summed E-state index contributed by atoms with van der Waals surface area (Å²) in [4.78, 5) is 38.2. The molecule has 10 heteroatoms. The van der Waals surface area contributed by atoms with E-state index in [9.17, 15) is 32.7 Å². The van der Waals surface area contributed by atoms with Gasteiger partial charge in [0.1, 0.15) is 5.25 Å². The van der Waals surface area contributed by atoms with Crippen LogP contribution in [0.15, 0.2) is 95.9 Å². The molecule has 3 aromatic rings. The van der Waals surface area contributed by atoms with Crippen LogP contribution in [0, 0.1) is 11.8 Å². The number of hydrogen-bond donors (Lipinski definition) is 3. The number of anilines is 2. The van der Waals surface area contributed by atoms with E-state index in [1.54, 1.807) is 66.7 Å². The van der Waals surface area contributed by atoms with Crippen LogP contribution in [0.1, 0.15) is 29.2 Å². The molecule has 0 aliphatic heterocycles. The highest BCUT2D eigenvalue weighted by Crippen LogP contribution is 2.39. The number of carbonyl (C=O) groups is 3. The van der Waals surface area contributed by atoms with Gasteiger partial charge in [0.15, 0.2) is 0 Å². The number of carboxylic acids is 1. The van der Waals surface area contributed by atoms with Crippen molar-refractivity contribution in [3.63, 3.8) is 0 Å². The Morgan fingerprint density at radius 1 is 0.821 bits per heavy atom. The molecule has 0 aromatic heterocycles. The molecular formula is C29H25F3N2O4S. The second-order valence-electron chi connectivity index (χ2n) is 8.95. The largest absolute Gasteiger partial charge is 0.481 e. The average molecular weight is 555 g/mol. The summed E-state index contributed by atoms with van der Waals surface area (Å²) in [5.74, 6) is -3.51. The summed E-state index contributed by atoms with van der Waals surface area (Å²) in [6.45, 7) is 0. The van der Waals surface area contributed by atoms with Crippen LogP contribution in [0.4, 0.5) is 24.5 Å². The van der Waals surface area contributed by atoms with Crippen molar-refractivity contribution in [1.29, 1.82) is 0 Å². The smallest absolute Gasteiger partial charge is 0.418 e. The third-order valence-electron chi connectivity index (χ3n) is 6.29. The highest BCUT2D eigenvalue weighted by atomic mass is 32.2. The molecule has 0 bridgehead atoms. The van der Waals surface area contributed by atoms with E-state index in [2.05, 4.69) is 10.6 Å². The molecule has 6 nitrogen and oxygen atoms in total. The van der Waals surface area contributed by atoms with Gasteiger partial charge in [-0.2, -0.15) is 13.2 Å². The van der Waals surface area contributed by atoms with Gasteiger partial charge in [-0.05, 0) is 54.8 Å². The van der Waals surface area contributed by atoms with Gasteiger partial charge in [-0.3, -0.25) is 14.4 Å². The van der Waals surface area contributed by atoms with Gasteiger partial charge in [0.2, 0.25) is 11.8 Å². The lowest BCUT2D eigenvalue weighted by Crippen LogP contribution is -2.34. The first-order valence-corrected chi connectivity index (χ1v) is 13.0. The fourth-order valence-electron chi connectivity index (χ4n) is 4.30. The molecular weight excluding hydrogens is 529 g/mol. The average Bonchev–Trinajstić information content (AvgIpc) is 2.92. The van der Waals surface area contributed by atoms with E-state index in [0.29, 0.717) is 29.0 Å². The minimum atomic E-state index is -4.63. The Morgan fingerprint density at radius 3 is 2.08 bits per heavy atom. The number of carboxylic acid groups (broad SMARTS) is 1. The third kappa shape index (κ3) is 7.08. The van der Waals surface area contributed by atoms with Crippen molar-refractivity contribution in [1.82, 2.24) is 0 Å². The Morgan fingerprint density at radius 2 is 1.44 bits per heavy atom. The van der Waals surface area contributed by atoms with E-state index in [1.165, 1.54) is 18.2 Å². The molecule has 0 saturated carbocycles. The molecule has 0 spiro atoms. The number of nitrogens with one attached hydrogen (secondary N) is 2. The van der Waals surface area contributed by atoms with E-state index in [4.69, 9.17) is 0 Å². The Balaban J connectivity index is 1.50. The molecule has 202 valence electrons. The first-order chi connectivity index (χ1) is 18.6. The van der Waals surface area contributed by atoms with Crippen molar-refractivity contribution in [2.24, 2.45) is 11.8 Å². The highest BCUT2D eigenvalue weighted by Gasteiger charge is 2.35. The molecule has 0 heterocycles. The molecule has 3 atom stereocenters. The molecule has 3 N–H and O–H groups in total. The maximum Gasteiger partial charge on any atom is 0.418 e. The lowest BCUT2D eigenvalue weighted by molar-refractivity contribution is -0.146. The van der Waals surface area contributed by atoms with Crippen molar-refractivity contribution in [2.75, 3.05) is 10.6 Å². The van der Waals surface area contributed by atoms with Gasteiger partial charge in [0, 0.05) is 10.6 Å². The number of thioether (sulfide) groups is 1. The fourth-order valence-corrected chi connectivity index (χ4v) is 5.33. The van der Waals surface area contributed by atoms with E-state index < -0.39 is 46.6 Å². The van der Waals surface area contributed by atoms with Gasteiger partial charge >= 0.3 is 12.1 Å². The van der Waals surface area contributed by atoms with Crippen LogP contribution >= 0.6 is 11.8 Å². The Hall–Kier alpha value is -4.05. The summed E-state index contributed by atoms with van der Waals surface area (Å²) in [6, 6.07) is 20.1. The number of amides is 2. The standard InChI is InChI=1S/C29H25F3N2O4S/c30-29(31,32)23-12-6-7-13-24(23)34-27(36)25(18-8-2-1-3-9-18)39-20-16-14-19(15-17-20)33-26(35)21-10-4-5-11-22(21)28(37)38/h1-9,12-17,21-22,25H,10-11H2,(H,33,35)(H,34,36)(H,37,38). The number of aliphatic carboxylic acids is 1. The molecule has 1 aliphatic rings. The maximum atomic E-state index is 13.5. The normalized spacial score (nSPS) is 17.7. The van der Waals surface area contributed by atoms with Gasteiger partial charge < -0.3 is 15.7 Å². The van der Waals surface area contributed by atoms with Gasteiger partial charge in [-0.15, -0.1) is 11.8 Å². The second kappa shape index (κ2) is 12.2. The summed E-state index contributed by atoms with van der Waals surface area (Å²) in [6.07, 6.45) is -0.444. The summed E-state index contributed by atoms with van der Waals surface area (Å²) in [5, 5.41) is 13.7. The number of carbonyl (C=O) groups excluding carboxylic acids is 2. The summed E-state index contributed by atoms with van der Waals surface area (Å²) >= 11 is 1.15. The molecule has 1 aliphatic carbocycles. The van der Waals surface area contributed by atoms with E-state index in [1.807, 2.05) is 0 Å². The Bertz CT molecular complexity index is 1360. The molecule has 3 aromatic carbocycles. The Kier molecular flexibility index (Phi) is 8.75. The minimum absolute atomic E-state index is 0.291. The SMILES string of the molecule is O=C(Nc1ccccc1C(F)(F)F)C(Sc1ccc(NC(=O)C2CC=CCC2C(=O)O)cc1)c1ccccc1. The lowest BCUT2D eigenvalue weighted by Gasteiger charge is -2.24. The van der Waals surface area contributed by atoms with Gasteiger partial charge in [-0.1, -0.05) is 54.6 Å². The van der Waals surface area contributed by atoms with Crippen molar-refractivity contribution >= 4 is 40.9 Å². The fraction of sp³-hybridized carbons (Fsp3) is 0.207. The molecule has 3 unspecified atom stereocenters. The predicted molar refractivity (Wildman–Crippen MR) is 143 cm³/mol. The van der Waals surface area contributed by atoms with Gasteiger partial charge in [0.05, 0.1) is 23.1 Å². The van der Waals surface area contributed by atoms with Crippen LogP contribution in [0.25, 0.3) is 0 Å². The van der Waals surface area contributed by atoms with Crippen molar-refractivity contribution in [2.45, 2.75) is 29.2 Å². The van der Waals surface area contributed by atoms with E-state index in [-0.39, 0.29) is 5.69 Å². The first-order valence-electron chi connectivity index (χ1n) is 12.1. The first kappa shape index (κ1) is 28.0. The number of halogens is 3. The topological polar surface area (TPSA) is 95.5 Å². The van der Waals surface area contributed by atoms with E-state index >= 15 is 0 Å². The van der Waals surface area contributed by atoms with Crippen molar-refractivity contribution in [3.8, 4) is 0 Å². The van der Waals surface area contributed by atoms with Crippen LogP contribution in [0.3, 0.4) is 0 Å². The number of para-hydroxylation sites is 1. The molecule has 4 rings (SSSR count).